The monoisotopic (exact) mass is 331 g/mol. The summed E-state index contributed by atoms with van der Waals surface area (Å²) in [6, 6.07) is 18.2. The summed E-state index contributed by atoms with van der Waals surface area (Å²) in [4.78, 5) is 4.21. The molecule has 1 heterocycles. The van der Waals surface area contributed by atoms with E-state index in [1.807, 2.05) is 53.1 Å². The number of imidazole rings is 1. The second-order valence-corrected chi connectivity index (χ2v) is 6.10. The number of nitrogens with zero attached hydrogens (tertiary/aromatic N) is 3. The van der Waals surface area contributed by atoms with E-state index in [-0.39, 0.29) is 5.88 Å². The van der Waals surface area contributed by atoms with Crippen molar-refractivity contribution < 1.29 is 5.11 Å². The third kappa shape index (κ3) is 3.89. The van der Waals surface area contributed by atoms with Crippen LogP contribution in [0.5, 0.6) is 5.88 Å². The Kier molecular flexibility index (Phi) is 5.15. The number of benzene rings is 2. The summed E-state index contributed by atoms with van der Waals surface area (Å²) in [7, 11) is 0. The van der Waals surface area contributed by atoms with Gasteiger partial charge in [0.15, 0.2) is 0 Å². The largest absolute Gasteiger partial charge is 0.492 e. The molecular weight excluding hydrogens is 310 g/mol. The average molecular weight is 331 g/mol. The van der Waals surface area contributed by atoms with Gasteiger partial charge in [0.25, 0.3) is 0 Å². The zero-order valence-corrected chi connectivity index (χ0v) is 14.3. The van der Waals surface area contributed by atoms with Gasteiger partial charge in [0, 0.05) is 13.0 Å². The van der Waals surface area contributed by atoms with Gasteiger partial charge in [-0.25, -0.2) is 0 Å². The molecule has 0 unspecified atom stereocenters. The van der Waals surface area contributed by atoms with Crippen molar-refractivity contribution in [3.05, 3.63) is 71.7 Å². The minimum absolute atomic E-state index is 0.0486. The molecule has 0 spiro atoms. The predicted molar refractivity (Wildman–Crippen MR) is 98.2 cm³/mol. The van der Waals surface area contributed by atoms with Crippen LogP contribution in [-0.4, -0.2) is 14.7 Å². The first-order valence-electron chi connectivity index (χ1n) is 8.54. The summed E-state index contributed by atoms with van der Waals surface area (Å²) >= 11 is 0. The predicted octanol–water partition coefficient (Wildman–Crippen LogP) is 4.52. The molecule has 1 aromatic heterocycles. The van der Waals surface area contributed by atoms with Crippen molar-refractivity contribution in [2.24, 2.45) is 0 Å². The number of hydrogen-bond acceptors (Lipinski definition) is 3. The van der Waals surface area contributed by atoms with Gasteiger partial charge in [-0.05, 0) is 29.2 Å². The maximum atomic E-state index is 9.72. The highest BCUT2D eigenvalue weighted by Crippen LogP contribution is 2.25. The molecule has 2 aromatic carbocycles. The average Bonchev–Trinajstić information content (AvgIpc) is 2.99. The van der Waals surface area contributed by atoms with Crippen molar-refractivity contribution in [1.29, 1.82) is 5.26 Å². The Morgan fingerprint density at radius 1 is 1.16 bits per heavy atom. The van der Waals surface area contributed by atoms with Crippen LogP contribution in [0.4, 0.5) is 0 Å². The fourth-order valence-electron chi connectivity index (χ4n) is 2.96. The lowest BCUT2D eigenvalue weighted by Crippen LogP contribution is -2.05. The summed E-state index contributed by atoms with van der Waals surface area (Å²) in [5.74, 6) is 0.928. The maximum absolute atomic E-state index is 9.72. The lowest BCUT2D eigenvalue weighted by Gasteiger charge is -2.10. The third-order valence-electron chi connectivity index (χ3n) is 4.24. The Morgan fingerprint density at radius 3 is 2.68 bits per heavy atom. The molecule has 0 saturated carbocycles. The van der Waals surface area contributed by atoms with Crippen molar-refractivity contribution in [2.45, 2.75) is 32.7 Å². The Balaban J connectivity index is 1.89. The molecule has 0 atom stereocenters. The molecule has 0 radical (unpaired) electrons. The first-order chi connectivity index (χ1) is 12.2. The second kappa shape index (κ2) is 7.67. The smallest absolute Gasteiger partial charge is 0.229 e. The molecule has 4 nitrogen and oxygen atoms in total. The van der Waals surface area contributed by atoms with Crippen LogP contribution in [0, 0.1) is 11.3 Å². The Labute approximate surface area is 148 Å². The van der Waals surface area contributed by atoms with E-state index in [1.54, 1.807) is 6.20 Å². The van der Waals surface area contributed by atoms with E-state index < -0.39 is 0 Å². The zero-order valence-electron chi connectivity index (χ0n) is 14.3. The van der Waals surface area contributed by atoms with E-state index in [9.17, 15) is 10.4 Å². The van der Waals surface area contributed by atoms with Crippen LogP contribution < -0.4 is 0 Å². The van der Waals surface area contributed by atoms with Crippen molar-refractivity contribution >= 4 is 0 Å². The van der Waals surface area contributed by atoms with Crippen LogP contribution in [-0.2, 0) is 13.0 Å². The second-order valence-electron chi connectivity index (χ2n) is 6.10. The lowest BCUT2D eigenvalue weighted by molar-refractivity contribution is 0.454. The number of aromatic nitrogens is 2. The van der Waals surface area contributed by atoms with Gasteiger partial charge in [-0.15, -0.1) is 0 Å². The Morgan fingerprint density at radius 2 is 1.96 bits per heavy atom. The molecule has 25 heavy (non-hydrogen) atoms. The van der Waals surface area contributed by atoms with Crippen molar-refractivity contribution in [3.8, 4) is 23.1 Å². The van der Waals surface area contributed by atoms with Crippen LogP contribution in [0.1, 0.15) is 36.7 Å². The van der Waals surface area contributed by atoms with E-state index in [4.69, 9.17) is 0 Å². The van der Waals surface area contributed by atoms with E-state index in [2.05, 4.69) is 18.0 Å². The first-order valence-corrected chi connectivity index (χ1v) is 8.54. The summed E-state index contributed by atoms with van der Waals surface area (Å²) in [5, 5.41) is 19.3. The molecule has 3 rings (SSSR count). The standard InChI is InChI=1S/C21H21N3O/c1-2-3-9-20-23-21(25)15-24(20)14-16-10-11-19(18(12-16)13-22)17-7-5-4-6-8-17/h4-8,10-12,15,25H,2-3,9,14H2,1H3. The molecule has 0 aliphatic heterocycles. The minimum Gasteiger partial charge on any atom is -0.492 e. The van der Waals surface area contributed by atoms with Gasteiger partial charge in [0.05, 0.1) is 17.8 Å². The first kappa shape index (κ1) is 16.8. The molecule has 0 fully saturated rings. The van der Waals surface area contributed by atoms with Gasteiger partial charge < -0.3 is 9.67 Å². The number of nitriles is 1. The number of aryl methyl sites for hydroxylation is 1. The van der Waals surface area contributed by atoms with E-state index in [0.717, 1.165) is 41.8 Å². The van der Waals surface area contributed by atoms with Crippen molar-refractivity contribution in [1.82, 2.24) is 9.55 Å². The molecule has 3 aromatic rings. The SMILES string of the molecule is CCCCc1nc(O)cn1Cc1ccc(-c2ccccc2)c(C#N)c1. The fraction of sp³-hybridized carbons (Fsp3) is 0.238. The molecule has 126 valence electrons. The van der Waals surface area contributed by atoms with E-state index in [1.165, 1.54) is 0 Å². The fourth-order valence-corrected chi connectivity index (χ4v) is 2.96. The van der Waals surface area contributed by atoms with Crippen LogP contribution in [0.15, 0.2) is 54.7 Å². The van der Waals surface area contributed by atoms with Gasteiger partial charge in [-0.2, -0.15) is 10.2 Å². The molecular formula is C21H21N3O. The summed E-state index contributed by atoms with van der Waals surface area (Å²) in [6.07, 6.45) is 4.61. The van der Waals surface area contributed by atoms with Crippen molar-refractivity contribution in [3.63, 3.8) is 0 Å². The van der Waals surface area contributed by atoms with Gasteiger partial charge >= 0.3 is 0 Å². The Hall–Kier alpha value is -3.06. The number of aromatic hydroxyl groups is 1. The van der Waals surface area contributed by atoms with Crippen molar-refractivity contribution in [2.75, 3.05) is 0 Å². The van der Waals surface area contributed by atoms with Crippen LogP contribution >= 0.6 is 0 Å². The van der Waals surface area contributed by atoms with E-state index in [0.29, 0.717) is 12.1 Å². The van der Waals surface area contributed by atoms with Crippen LogP contribution in [0.25, 0.3) is 11.1 Å². The third-order valence-corrected chi connectivity index (χ3v) is 4.24. The van der Waals surface area contributed by atoms with Crippen LogP contribution in [0.2, 0.25) is 0 Å². The topological polar surface area (TPSA) is 61.8 Å². The molecule has 4 heteroatoms. The van der Waals surface area contributed by atoms with Gasteiger partial charge in [0.2, 0.25) is 5.88 Å². The van der Waals surface area contributed by atoms with Gasteiger partial charge in [-0.3, -0.25) is 0 Å². The lowest BCUT2D eigenvalue weighted by atomic mass is 9.98. The quantitative estimate of drug-likeness (QED) is 0.722. The van der Waals surface area contributed by atoms with E-state index >= 15 is 0 Å². The highest BCUT2D eigenvalue weighted by Gasteiger charge is 2.10. The summed E-state index contributed by atoms with van der Waals surface area (Å²) in [5.41, 5.74) is 3.65. The maximum Gasteiger partial charge on any atom is 0.229 e. The van der Waals surface area contributed by atoms with Gasteiger partial charge in [-0.1, -0.05) is 55.8 Å². The number of hydrogen-bond donors (Lipinski definition) is 1. The molecule has 0 amide bonds. The molecule has 0 aliphatic rings. The molecule has 0 bridgehead atoms. The molecule has 0 saturated heterocycles. The number of rotatable bonds is 6. The number of unbranched alkanes of at least 4 members (excludes halogenated alkanes) is 1. The highest BCUT2D eigenvalue weighted by molar-refractivity contribution is 5.70. The van der Waals surface area contributed by atoms with Crippen LogP contribution in [0.3, 0.4) is 0 Å². The molecule has 1 N–H and O–H groups in total. The summed E-state index contributed by atoms with van der Waals surface area (Å²) in [6.45, 7) is 2.73. The highest BCUT2D eigenvalue weighted by atomic mass is 16.3. The van der Waals surface area contributed by atoms with Gasteiger partial charge in [0.1, 0.15) is 5.82 Å². The normalized spacial score (nSPS) is 10.6. The Bertz CT molecular complexity index is 891. The minimum atomic E-state index is 0.0486. The zero-order chi connectivity index (χ0) is 17.6. The summed E-state index contributed by atoms with van der Waals surface area (Å²) < 4.78 is 1.96. The molecule has 0 aliphatic carbocycles.